The maximum Gasteiger partial charge on any atom is 0.250 e. The number of rotatable bonds is 5. The van der Waals surface area contributed by atoms with Crippen molar-refractivity contribution in [2.24, 2.45) is 12.2 Å². The Kier molecular flexibility index (Phi) is 6.37. The molecule has 1 aromatic heterocycles. The van der Waals surface area contributed by atoms with Gasteiger partial charge < -0.3 is 9.77 Å². The average molecular weight is 460 g/mol. The van der Waals surface area contributed by atoms with Crippen molar-refractivity contribution in [3.63, 3.8) is 0 Å². The van der Waals surface area contributed by atoms with Gasteiger partial charge in [0.2, 0.25) is 5.56 Å². The number of hydrogen-bond acceptors (Lipinski definition) is 3. The van der Waals surface area contributed by atoms with Crippen molar-refractivity contribution < 1.29 is 5.21 Å². The van der Waals surface area contributed by atoms with Crippen LogP contribution in [-0.4, -0.2) is 15.5 Å². The van der Waals surface area contributed by atoms with Gasteiger partial charge in [0, 0.05) is 46.7 Å². The second-order valence-electron chi connectivity index (χ2n) is 6.72. The van der Waals surface area contributed by atoms with Crippen LogP contribution in [0.2, 0.25) is 5.02 Å². The van der Waals surface area contributed by atoms with Gasteiger partial charge in [0.05, 0.1) is 5.71 Å². The smallest absolute Gasteiger partial charge is 0.250 e. The summed E-state index contributed by atoms with van der Waals surface area (Å²) in [5.74, 6) is -0.0338. The van der Waals surface area contributed by atoms with Crippen LogP contribution in [0.3, 0.4) is 0 Å². The Morgan fingerprint density at radius 2 is 1.89 bits per heavy atom. The molecule has 2 aromatic carbocycles. The SMILES string of the molecule is Cc1cc(Cl)ccc1C(CC(=NO)c1ccc(=O)n(C)c1)c1ccc(Br)cc1. The Bertz CT molecular complexity index is 1070. The van der Waals surface area contributed by atoms with Crippen molar-refractivity contribution in [2.75, 3.05) is 0 Å². The standard InChI is InChI=1S/C22H20BrClN2O2/c1-14-11-18(24)8-9-19(14)20(15-3-6-17(23)7-4-15)12-21(25-28)16-5-10-22(27)26(2)13-16/h3-11,13,20,28H,12H2,1-2H3. The molecule has 0 amide bonds. The number of pyridine rings is 1. The van der Waals surface area contributed by atoms with Crippen LogP contribution in [0.4, 0.5) is 0 Å². The normalized spacial score (nSPS) is 12.8. The summed E-state index contributed by atoms with van der Waals surface area (Å²) in [5.41, 5.74) is 4.38. The Labute approximate surface area is 177 Å². The van der Waals surface area contributed by atoms with Crippen molar-refractivity contribution in [3.8, 4) is 0 Å². The molecule has 0 radical (unpaired) electrons. The van der Waals surface area contributed by atoms with Crippen LogP contribution < -0.4 is 5.56 Å². The average Bonchev–Trinajstić information content (AvgIpc) is 2.67. The van der Waals surface area contributed by atoms with Crippen LogP contribution in [-0.2, 0) is 7.05 Å². The number of aromatic nitrogens is 1. The molecular weight excluding hydrogens is 440 g/mol. The first-order chi connectivity index (χ1) is 13.4. The molecule has 3 aromatic rings. The third-order valence-electron chi connectivity index (χ3n) is 4.82. The van der Waals surface area contributed by atoms with E-state index in [9.17, 15) is 10.0 Å². The fourth-order valence-corrected chi connectivity index (χ4v) is 3.80. The zero-order valence-electron chi connectivity index (χ0n) is 15.6. The molecule has 4 nitrogen and oxygen atoms in total. The molecule has 1 unspecified atom stereocenters. The van der Waals surface area contributed by atoms with E-state index in [1.807, 2.05) is 37.3 Å². The number of hydrogen-bond donors (Lipinski definition) is 1. The van der Waals surface area contributed by atoms with E-state index >= 15 is 0 Å². The minimum atomic E-state index is -0.112. The van der Waals surface area contributed by atoms with Crippen LogP contribution in [0.5, 0.6) is 0 Å². The number of nitrogens with zero attached hydrogens (tertiary/aromatic N) is 2. The highest BCUT2D eigenvalue weighted by atomic mass is 79.9. The highest BCUT2D eigenvalue weighted by molar-refractivity contribution is 9.10. The Morgan fingerprint density at radius 1 is 1.18 bits per heavy atom. The summed E-state index contributed by atoms with van der Waals surface area (Å²) in [6, 6.07) is 17.1. The zero-order valence-corrected chi connectivity index (χ0v) is 17.9. The van der Waals surface area contributed by atoms with Crippen molar-refractivity contribution in [2.45, 2.75) is 19.3 Å². The summed E-state index contributed by atoms with van der Waals surface area (Å²) < 4.78 is 2.47. The van der Waals surface area contributed by atoms with Gasteiger partial charge in [-0.15, -0.1) is 0 Å². The molecule has 0 fully saturated rings. The summed E-state index contributed by atoms with van der Waals surface area (Å²) in [7, 11) is 1.68. The van der Waals surface area contributed by atoms with Crippen LogP contribution in [0, 0.1) is 6.92 Å². The van der Waals surface area contributed by atoms with Gasteiger partial charge in [0.15, 0.2) is 0 Å². The Hall–Kier alpha value is -2.37. The van der Waals surface area contributed by atoms with Crippen molar-refractivity contribution in [1.82, 2.24) is 4.57 Å². The van der Waals surface area contributed by atoms with Crippen molar-refractivity contribution >= 4 is 33.2 Å². The van der Waals surface area contributed by atoms with Gasteiger partial charge in [-0.1, -0.05) is 50.9 Å². The third kappa shape index (κ3) is 4.54. The van der Waals surface area contributed by atoms with Crippen LogP contribution in [0.25, 0.3) is 0 Å². The van der Waals surface area contributed by atoms with Gasteiger partial charge in [0.25, 0.3) is 0 Å². The lowest BCUT2D eigenvalue weighted by atomic mass is 9.83. The molecule has 0 aliphatic rings. The maximum absolute atomic E-state index is 11.7. The van der Waals surface area contributed by atoms with Gasteiger partial charge in [-0.05, 0) is 53.9 Å². The molecular formula is C22H20BrClN2O2. The summed E-state index contributed by atoms with van der Waals surface area (Å²) >= 11 is 9.62. The molecule has 144 valence electrons. The van der Waals surface area contributed by atoms with Gasteiger partial charge in [0.1, 0.15) is 0 Å². The fourth-order valence-electron chi connectivity index (χ4n) is 3.31. The van der Waals surface area contributed by atoms with E-state index in [2.05, 4.69) is 33.2 Å². The van der Waals surface area contributed by atoms with E-state index in [1.54, 1.807) is 19.3 Å². The third-order valence-corrected chi connectivity index (χ3v) is 5.58. The summed E-state index contributed by atoms with van der Waals surface area (Å²) in [6.07, 6.45) is 2.16. The van der Waals surface area contributed by atoms with E-state index in [0.717, 1.165) is 21.2 Å². The first-order valence-corrected chi connectivity index (χ1v) is 9.95. The molecule has 1 atom stereocenters. The van der Waals surface area contributed by atoms with Gasteiger partial charge in [-0.3, -0.25) is 4.79 Å². The lowest BCUT2D eigenvalue weighted by molar-refractivity contribution is 0.317. The maximum atomic E-state index is 11.7. The van der Waals surface area contributed by atoms with E-state index in [0.29, 0.717) is 22.7 Å². The molecule has 3 rings (SSSR count). The predicted octanol–water partition coefficient (Wildman–Crippen LogP) is 5.51. The number of benzene rings is 2. The van der Waals surface area contributed by atoms with E-state index < -0.39 is 0 Å². The minimum absolute atomic E-state index is 0.0338. The first-order valence-electron chi connectivity index (χ1n) is 8.78. The molecule has 0 bridgehead atoms. The van der Waals surface area contributed by atoms with E-state index in [-0.39, 0.29) is 11.5 Å². The van der Waals surface area contributed by atoms with Gasteiger partial charge >= 0.3 is 0 Å². The number of aryl methyl sites for hydroxylation is 2. The van der Waals surface area contributed by atoms with Gasteiger partial charge in [-0.25, -0.2) is 0 Å². The Balaban J connectivity index is 2.06. The minimum Gasteiger partial charge on any atom is -0.411 e. The summed E-state index contributed by atoms with van der Waals surface area (Å²) in [5, 5.41) is 13.9. The highest BCUT2D eigenvalue weighted by Crippen LogP contribution is 2.33. The largest absolute Gasteiger partial charge is 0.411 e. The topological polar surface area (TPSA) is 54.6 Å². The molecule has 0 spiro atoms. The van der Waals surface area contributed by atoms with Crippen molar-refractivity contribution in [3.05, 3.63) is 103 Å². The molecule has 0 aliphatic heterocycles. The molecule has 0 aliphatic carbocycles. The predicted molar refractivity (Wildman–Crippen MR) is 117 cm³/mol. The first kappa shape index (κ1) is 20.4. The Morgan fingerprint density at radius 3 is 2.50 bits per heavy atom. The van der Waals surface area contributed by atoms with Crippen molar-refractivity contribution in [1.29, 1.82) is 0 Å². The molecule has 28 heavy (non-hydrogen) atoms. The van der Waals surface area contributed by atoms with Crippen LogP contribution in [0.1, 0.15) is 34.6 Å². The highest BCUT2D eigenvalue weighted by Gasteiger charge is 2.21. The quantitative estimate of drug-likeness (QED) is 0.311. The van der Waals surface area contributed by atoms with E-state index in [1.165, 1.54) is 10.6 Å². The molecule has 0 saturated heterocycles. The molecule has 0 saturated carbocycles. The second kappa shape index (κ2) is 8.76. The lowest BCUT2D eigenvalue weighted by Gasteiger charge is -2.21. The number of oxime groups is 1. The monoisotopic (exact) mass is 458 g/mol. The van der Waals surface area contributed by atoms with Gasteiger partial charge in [-0.2, -0.15) is 0 Å². The number of halogens is 2. The lowest BCUT2D eigenvalue weighted by Crippen LogP contribution is -2.18. The molecule has 1 N–H and O–H groups in total. The summed E-state index contributed by atoms with van der Waals surface area (Å²) in [4.78, 5) is 11.7. The fraction of sp³-hybridized carbons (Fsp3) is 0.182. The molecule has 1 heterocycles. The van der Waals surface area contributed by atoms with Crippen LogP contribution >= 0.6 is 27.5 Å². The molecule has 6 heteroatoms. The second-order valence-corrected chi connectivity index (χ2v) is 8.07. The van der Waals surface area contributed by atoms with E-state index in [4.69, 9.17) is 11.6 Å². The summed E-state index contributed by atoms with van der Waals surface area (Å²) in [6.45, 7) is 2.02. The van der Waals surface area contributed by atoms with Crippen LogP contribution in [0.15, 0.2) is 75.2 Å². The zero-order chi connectivity index (χ0) is 20.3.